The van der Waals surface area contributed by atoms with Crippen LogP contribution in [0.5, 0.6) is 0 Å². The number of hydrogen-bond donors (Lipinski definition) is 1. The molecule has 11 heteroatoms. The van der Waals surface area contributed by atoms with E-state index in [9.17, 15) is 40.6 Å². The molecule has 1 saturated heterocycles. The summed E-state index contributed by atoms with van der Waals surface area (Å²) in [6.45, 7) is 1.39. The SMILES string of the molecule is C[C@@H](O[C@H]1CCN(C(=O)O)C[C@@H]1c1ccc(F)cc1)c1cc(C(F)(F)F)cc(C(F)(F)F)c1. The fourth-order valence-electron chi connectivity index (χ4n) is 3.85. The highest BCUT2D eigenvalue weighted by Crippen LogP contribution is 2.39. The maximum Gasteiger partial charge on any atom is 0.416 e. The molecule has 180 valence electrons. The van der Waals surface area contributed by atoms with Crippen molar-refractivity contribution < 1.29 is 45.4 Å². The van der Waals surface area contributed by atoms with Crippen LogP contribution in [0.3, 0.4) is 0 Å². The second-order valence-electron chi connectivity index (χ2n) is 7.83. The standard InChI is InChI=1S/C22H20F7NO3/c1-12(14-8-15(21(24,25)26)10-16(9-14)22(27,28)29)33-19-6-7-30(20(31)32)11-18(19)13-2-4-17(23)5-3-13/h2-5,8-10,12,18-19H,6-7,11H2,1H3,(H,31,32)/t12-,18-,19+/m1/s1. The van der Waals surface area contributed by atoms with Crippen LogP contribution in [-0.2, 0) is 17.1 Å². The quantitative estimate of drug-likeness (QED) is 0.511. The van der Waals surface area contributed by atoms with E-state index in [1.807, 2.05) is 0 Å². The molecule has 1 amide bonds. The first-order valence-corrected chi connectivity index (χ1v) is 9.94. The number of benzene rings is 2. The minimum atomic E-state index is -4.99. The molecule has 0 saturated carbocycles. The second kappa shape index (κ2) is 9.20. The van der Waals surface area contributed by atoms with Crippen molar-refractivity contribution in [2.75, 3.05) is 13.1 Å². The first-order chi connectivity index (χ1) is 15.3. The van der Waals surface area contributed by atoms with Gasteiger partial charge < -0.3 is 14.7 Å². The van der Waals surface area contributed by atoms with Gasteiger partial charge in [0.25, 0.3) is 0 Å². The minimum absolute atomic E-state index is 0.0191. The van der Waals surface area contributed by atoms with Gasteiger partial charge in [0.05, 0.1) is 23.3 Å². The fraction of sp³-hybridized carbons (Fsp3) is 0.409. The monoisotopic (exact) mass is 479 g/mol. The van der Waals surface area contributed by atoms with E-state index >= 15 is 0 Å². The number of likely N-dealkylation sites (tertiary alicyclic amines) is 1. The second-order valence-corrected chi connectivity index (χ2v) is 7.83. The zero-order valence-electron chi connectivity index (χ0n) is 17.3. The average molecular weight is 479 g/mol. The van der Waals surface area contributed by atoms with Gasteiger partial charge >= 0.3 is 18.4 Å². The average Bonchev–Trinajstić information content (AvgIpc) is 2.73. The molecule has 0 aromatic heterocycles. The molecule has 1 aliphatic rings. The van der Waals surface area contributed by atoms with Gasteiger partial charge in [-0.1, -0.05) is 12.1 Å². The van der Waals surface area contributed by atoms with Crippen molar-refractivity contribution in [3.63, 3.8) is 0 Å². The molecule has 0 spiro atoms. The van der Waals surface area contributed by atoms with Gasteiger partial charge in [-0.3, -0.25) is 0 Å². The predicted octanol–water partition coefficient (Wildman–Crippen LogP) is 6.48. The predicted molar refractivity (Wildman–Crippen MR) is 103 cm³/mol. The number of carboxylic acid groups (broad SMARTS) is 1. The molecule has 1 heterocycles. The van der Waals surface area contributed by atoms with Gasteiger partial charge in [0.1, 0.15) is 5.82 Å². The Bertz CT molecular complexity index is 957. The van der Waals surface area contributed by atoms with Crippen LogP contribution in [0.25, 0.3) is 0 Å². The highest BCUT2D eigenvalue weighted by atomic mass is 19.4. The molecule has 0 unspecified atom stereocenters. The van der Waals surface area contributed by atoms with E-state index < -0.39 is 53.5 Å². The molecule has 33 heavy (non-hydrogen) atoms. The lowest BCUT2D eigenvalue weighted by Crippen LogP contribution is -2.45. The van der Waals surface area contributed by atoms with E-state index in [0.29, 0.717) is 17.7 Å². The van der Waals surface area contributed by atoms with Gasteiger partial charge in [0.2, 0.25) is 0 Å². The summed E-state index contributed by atoms with van der Waals surface area (Å²) < 4.78 is 98.4. The topological polar surface area (TPSA) is 49.8 Å². The van der Waals surface area contributed by atoms with Crippen LogP contribution >= 0.6 is 0 Å². The molecule has 3 rings (SSSR count). The Labute approximate surface area is 184 Å². The van der Waals surface area contributed by atoms with Crippen molar-refractivity contribution in [2.24, 2.45) is 0 Å². The van der Waals surface area contributed by atoms with E-state index in [2.05, 4.69) is 0 Å². The van der Waals surface area contributed by atoms with Crippen molar-refractivity contribution in [3.05, 3.63) is 70.5 Å². The number of rotatable bonds is 4. The molecule has 0 radical (unpaired) electrons. The lowest BCUT2D eigenvalue weighted by Gasteiger charge is -2.38. The molecule has 4 nitrogen and oxygen atoms in total. The molecule has 2 aromatic carbocycles. The number of hydrogen-bond acceptors (Lipinski definition) is 2. The summed E-state index contributed by atoms with van der Waals surface area (Å²) in [7, 11) is 0. The van der Waals surface area contributed by atoms with Gasteiger partial charge in [-0.15, -0.1) is 0 Å². The van der Waals surface area contributed by atoms with Gasteiger partial charge in [0, 0.05) is 19.0 Å². The highest BCUT2D eigenvalue weighted by molar-refractivity contribution is 5.65. The van der Waals surface area contributed by atoms with Gasteiger partial charge in [-0.2, -0.15) is 26.3 Å². The van der Waals surface area contributed by atoms with Crippen LogP contribution in [-0.4, -0.2) is 35.3 Å². The van der Waals surface area contributed by atoms with Gasteiger partial charge in [-0.25, -0.2) is 9.18 Å². The van der Waals surface area contributed by atoms with E-state index in [0.717, 1.165) is 4.90 Å². The van der Waals surface area contributed by atoms with Gasteiger partial charge in [-0.05, 0) is 54.8 Å². The molecule has 0 aliphatic carbocycles. The summed E-state index contributed by atoms with van der Waals surface area (Å²) in [4.78, 5) is 12.5. The number of alkyl halides is 6. The number of ether oxygens (including phenoxy) is 1. The summed E-state index contributed by atoms with van der Waals surface area (Å²) in [6, 6.07) is 6.51. The maximum atomic E-state index is 13.3. The Morgan fingerprint density at radius 1 is 1.03 bits per heavy atom. The normalized spacial score (nSPS) is 20.5. The third-order valence-electron chi connectivity index (χ3n) is 5.58. The number of piperidine rings is 1. The Morgan fingerprint density at radius 2 is 1.58 bits per heavy atom. The third-order valence-corrected chi connectivity index (χ3v) is 5.58. The summed E-state index contributed by atoms with van der Waals surface area (Å²) >= 11 is 0. The Morgan fingerprint density at radius 3 is 2.06 bits per heavy atom. The van der Waals surface area contributed by atoms with Crippen LogP contribution in [0.2, 0.25) is 0 Å². The first kappa shape index (κ1) is 24.8. The summed E-state index contributed by atoms with van der Waals surface area (Å²) in [5, 5.41) is 9.32. The van der Waals surface area contributed by atoms with E-state index in [-0.39, 0.29) is 31.1 Å². The first-order valence-electron chi connectivity index (χ1n) is 9.94. The lowest BCUT2D eigenvalue weighted by molar-refractivity contribution is -0.143. The molecule has 0 bridgehead atoms. The Kier molecular flexibility index (Phi) is 6.92. The van der Waals surface area contributed by atoms with E-state index in [1.165, 1.54) is 31.2 Å². The number of halogens is 7. The number of nitrogens with zero attached hydrogens (tertiary/aromatic N) is 1. The zero-order chi connectivity index (χ0) is 24.6. The molecule has 2 aromatic rings. The Balaban J connectivity index is 1.91. The summed E-state index contributed by atoms with van der Waals surface area (Å²) in [5.74, 6) is -1.11. The van der Waals surface area contributed by atoms with Crippen LogP contribution in [0.4, 0.5) is 35.5 Å². The fourth-order valence-corrected chi connectivity index (χ4v) is 3.85. The summed E-state index contributed by atoms with van der Waals surface area (Å²) in [6.07, 6.45) is -12.9. The van der Waals surface area contributed by atoms with Crippen LogP contribution in [0.1, 0.15) is 47.6 Å². The summed E-state index contributed by atoms with van der Waals surface area (Å²) in [5.41, 5.74) is -2.66. The molecule has 1 aliphatic heterocycles. The van der Waals surface area contributed by atoms with E-state index in [4.69, 9.17) is 4.74 Å². The van der Waals surface area contributed by atoms with Crippen LogP contribution < -0.4 is 0 Å². The minimum Gasteiger partial charge on any atom is -0.465 e. The van der Waals surface area contributed by atoms with Gasteiger partial charge in [0.15, 0.2) is 0 Å². The van der Waals surface area contributed by atoms with Crippen molar-refractivity contribution >= 4 is 6.09 Å². The zero-order valence-corrected chi connectivity index (χ0v) is 17.3. The Hall–Kier alpha value is -2.82. The highest BCUT2D eigenvalue weighted by Gasteiger charge is 2.38. The molecule has 1 fully saturated rings. The van der Waals surface area contributed by atoms with Crippen molar-refractivity contribution in [2.45, 2.75) is 43.8 Å². The number of amides is 1. The van der Waals surface area contributed by atoms with Crippen LogP contribution in [0, 0.1) is 5.82 Å². The smallest absolute Gasteiger partial charge is 0.416 e. The number of carbonyl (C=O) groups is 1. The molecular weight excluding hydrogens is 459 g/mol. The van der Waals surface area contributed by atoms with Crippen LogP contribution in [0.15, 0.2) is 42.5 Å². The molecule has 1 N–H and O–H groups in total. The molecule has 3 atom stereocenters. The van der Waals surface area contributed by atoms with Crippen molar-refractivity contribution in [3.8, 4) is 0 Å². The third kappa shape index (κ3) is 5.95. The molecular formula is C22H20F7NO3. The lowest BCUT2D eigenvalue weighted by atomic mass is 9.87. The van der Waals surface area contributed by atoms with E-state index in [1.54, 1.807) is 0 Å². The van der Waals surface area contributed by atoms with Crippen molar-refractivity contribution in [1.82, 2.24) is 4.90 Å². The largest absolute Gasteiger partial charge is 0.465 e. The van der Waals surface area contributed by atoms with Crippen molar-refractivity contribution in [1.29, 1.82) is 0 Å². The maximum absolute atomic E-state index is 13.3.